The predicted molar refractivity (Wildman–Crippen MR) is 171 cm³/mol. The van der Waals surface area contributed by atoms with Crippen molar-refractivity contribution in [2.24, 2.45) is 0 Å². The molecule has 0 saturated heterocycles. The van der Waals surface area contributed by atoms with E-state index in [4.69, 9.17) is 19.3 Å². The molecule has 0 aromatic heterocycles. The molecule has 0 aliphatic carbocycles. The molecule has 9 heteroatoms. The third-order valence-corrected chi connectivity index (χ3v) is 8.83. The predicted octanol–water partition coefficient (Wildman–Crippen LogP) is 6.74. The van der Waals surface area contributed by atoms with E-state index in [0.717, 1.165) is 39.1 Å². The number of rotatable bonds is 13. The summed E-state index contributed by atoms with van der Waals surface area (Å²) in [6, 6.07) is 26.9. The molecule has 1 atom stereocenters. The van der Waals surface area contributed by atoms with Crippen molar-refractivity contribution in [1.29, 1.82) is 0 Å². The number of benzene rings is 4. The first-order valence-corrected chi connectivity index (χ1v) is 16.4. The standard InChI is InChI=1S/C35H37NO7S/c1-24-17-31(41-16-8-15-36(44(3,39)40)29-11-5-4-6-12-29)18-25(2)35(24)27-10-7-9-26(19-27)22-42-30-13-14-32-28(20-34(37)38)23-43-33(32)21-30/h4-7,9-14,17-19,21,28H,8,15-16,20,22-23H2,1-3H3,(H,37,38)/t28-/m1/s1. The number of para-hydroxylation sites is 1. The largest absolute Gasteiger partial charge is 0.494 e. The van der Waals surface area contributed by atoms with Gasteiger partial charge >= 0.3 is 5.97 Å². The summed E-state index contributed by atoms with van der Waals surface area (Å²) in [6.45, 7) is 5.57. The van der Waals surface area contributed by atoms with E-state index in [1.54, 1.807) is 12.1 Å². The molecule has 4 aromatic rings. The highest BCUT2D eigenvalue weighted by Gasteiger charge is 2.26. The maximum absolute atomic E-state index is 12.3. The van der Waals surface area contributed by atoms with Crippen LogP contribution in [0, 0.1) is 13.8 Å². The number of sulfonamides is 1. The van der Waals surface area contributed by atoms with E-state index >= 15 is 0 Å². The molecule has 0 radical (unpaired) electrons. The zero-order chi connectivity index (χ0) is 31.3. The fraction of sp³-hybridized carbons (Fsp3) is 0.286. The van der Waals surface area contributed by atoms with Gasteiger partial charge in [-0.2, -0.15) is 0 Å². The minimum absolute atomic E-state index is 0.0464. The van der Waals surface area contributed by atoms with Crippen molar-refractivity contribution in [3.8, 4) is 28.4 Å². The van der Waals surface area contributed by atoms with Crippen LogP contribution in [0.25, 0.3) is 11.1 Å². The van der Waals surface area contributed by atoms with E-state index in [1.165, 1.54) is 10.6 Å². The van der Waals surface area contributed by atoms with Crippen LogP contribution in [0.5, 0.6) is 17.2 Å². The molecule has 0 bridgehead atoms. The number of anilines is 1. The van der Waals surface area contributed by atoms with E-state index < -0.39 is 16.0 Å². The number of ether oxygens (including phenoxy) is 3. The molecule has 1 aliphatic rings. The van der Waals surface area contributed by atoms with Crippen molar-refractivity contribution in [3.05, 3.63) is 107 Å². The lowest BCUT2D eigenvalue weighted by Crippen LogP contribution is -2.31. The SMILES string of the molecule is Cc1cc(OCCCN(c2ccccc2)S(C)(=O)=O)cc(C)c1-c1cccc(COc2ccc3c(c2)OC[C@H]3CC(=O)O)c1. The summed E-state index contributed by atoms with van der Waals surface area (Å²) < 4.78 is 43.9. The van der Waals surface area contributed by atoms with Gasteiger partial charge < -0.3 is 19.3 Å². The summed E-state index contributed by atoms with van der Waals surface area (Å²) in [5.74, 6) is 1.12. The number of hydrogen-bond donors (Lipinski definition) is 1. The molecule has 230 valence electrons. The Morgan fingerprint density at radius 3 is 2.39 bits per heavy atom. The Hall–Kier alpha value is -4.50. The Kier molecular flexibility index (Phi) is 9.44. The molecule has 0 unspecified atom stereocenters. The van der Waals surface area contributed by atoms with Gasteiger partial charge in [0.25, 0.3) is 0 Å². The van der Waals surface area contributed by atoms with Gasteiger partial charge in [-0.05, 0) is 78.1 Å². The van der Waals surface area contributed by atoms with Crippen LogP contribution in [-0.4, -0.2) is 45.5 Å². The second kappa shape index (κ2) is 13.4. The Morgan fingerprint density at radius 1 is 0.932 bits per heavy atom. The summed E-state index contributed by atoms with van der Waals surface area (Å²) in [5.41, 5.74) is 6.92. The topological polar surface area (TPSA) is 102 Å². The van der Waals surface area contributed by atoms with Gasteiger partial charge in [0, 0.05) is 30.5 Å². The molecular formula is C35H37NO7S. The third kappa shape index (κ3) is 7.52. The third-order valence-electron chi connectivity index (χ3n) is 7.63. The highest BCUT2D eigenvalue weighted by atomic mass is 32.2. The van der Waals surface area contributed by atoms with E-state index in [2.05, 4.69) is 26.0 Å². The molecule has 8 nitrogen and oxygen atoms in total. The van der Waals surface area contributed by atoms with Gasteiger partial charge in [0.1, 0.15) is 23.9 Å². The van der Waals surface area contributed by atoms with Crippen molar-refractivity contribution in [2.75, 3.05) is 30.3 Å². The highest BCUT2D eigenvalue weighted by Crippen LogP contribution is 2.38. The first-order valence-electron chi connectivity index (χ1n) is 14.6. The lowest BCUT2D eigenvalue weighted by atomic mass is 9.94. The zero-order valence-corrected chi connectivity index (χ0v) is 26.0. The Balaban J connectivity index is 1.20. The minimum atomic E-state index is -3.40. The number of aryl methyl sites for hydroxylation is 2. The van der Waals surface area contributed by atoms with Crippen molar-refractivity contribution >= 4 is 21.7 Å². The molecule has 4 aromatic carbocycles. The van der Waals surface area contributed by atoms with E-state index in [-0.39, 0.29) is 12.3 Å². The molecule has 1 aliphatic heterocycles. The van der Waals surface area contributed by atoms with Crippen LogP contribution in [0.2, 0.25) is 0 Å². The summed E-state index contributed by atoms with van der Waals surface area (Å²) in [4.78, 5) is 11.1. The normalized spacial score (nSPS) is 14.0. The molecule has 1 N–H and O–H groups in total. The van der Waals surface area contributed by atoms with Gasteiger partial charge in [-0.3, -0.25) is 9.10 Å². The first-order chi connectivity index (χ1) is 21.1. The van der Waals surface area contributed by atoms with Gasteiger partial charge in [-0.25, -0.2) is 8.42 Å². The molecular weight excluding hydrogens is 578 g/mol. The minimum Gasteiger partial charge on any atom is -0.494 e. The van der Waals surface area contributed by atoms with Gasteiger partial charge in [0.2, 0.25) is 10.0 Å². The van der Waals surface area contributed by atoms with E-state index in [0.29, 0.717) is 50.0 Å². The molecule has 0 saturated carbocycles. The molecule has 1 heterocycles. The van der Waals surface area contributed by atoms with Crippen LogP contribution in [0.15, 0.2) is 84.9 Å². The number of nitrogens with zero attached hydrogens (tertiary/aromatic N) is 1. The van der Waals surface area contributed by atoms with Gasteiger partial charge in [0.15, 0.2) is 0 Å². The molecule has 0 amide bonds. The summed E-state index contributed by atoms with van der Waals surface area (Å²) in [5, 5.41) is 9.13. The molecule has 5 rings (SSSR count). The maximum Gasteiger partial charge on any atom is 0.304 e. The average Bonchev–Trinajstić information content (AvgIpc) is 3.37. The van der Waals surface area contributed by atoms with Crippen LogP contribution in [0.1, 0.15) is 41.0 Å². The molecule has 0 fully saturated rings. The van der Waals surface area contributed by atoms with Crippen molar-refractivity contribution < 1.29 is 32.5 Å². The van der Waals surface area contributed by atoms with Crippen molar-refractivity contribution in [3.63, 3.8) is 0 Å². The summed E-state index contributed by atoms with van der Waals surface area (Å²) in [7, 11) is -3.40. The Morgan fingerprint density at radius 2 is 1.68 bits per heavy atom. The van der Waals surface area contributed by atoms with Crippen molar-refractivity contribution in [1.82, 2.24) is 0 Å². The number of carbonyl (C=O) groups is 1. The molecule has 0 spiro atoms. The van der Waals surface area contributed by atoms with E-state index in [9.17, 15) is 13.2 Å². The molecule has 44 heavy (non-hydrogen) atoms. The average molecular weight is 616 g/mol. The van der Waals surface area contributed by atoms with Crippen LogP contribution >= 0.6 is 0 Å². The zero-order valence-electron chi connectivity index (χ0n) is 25.2. The van der Waals surface area contributed by atoms with Crippen LogP contribution in [-0.2, 0) is 21.4 Å². The van der Waals surface area contributed by atoms with Gasteiger partial charge in [0.05, 0.1) is 31.6 Å². The monoisotopic (exact) mass is 615 g/mol. The fourth-order valence-electron chi connectivity index (χ4n) is 5.65. The van der Waals surface area contributed by atoms with Crippen LogP contribution in [0.4, 0.5) is 5.69 Å². The quantitative estimate of drug-likeness (QED) is 0.166. The lowest BCUT2D eigenvalue weighted by molar-refractivity contribution is -0.137. The second-order valence-electron chi connectivity index (χ2n) is 11.1. The van der Waals surface area contributed by atoms with Crippen LogP contribution in [0.3, 0.4) is 0 Å². The number of carboxylic acids is 1. The number of aliphatic carboxylic acids is 1. The number of carboxylic acid groups (broad SMARTS) is 1. The van der Waals surface area contributed by atoms with Gasteiger partial charge in [-0.15, -0.1) is 0 Å². The van der Waals surface area contributed by atoms with Crippen LogP contribution < -0.4 is 18.5 Å². The highest BCUT2D eigenvalue weighted by molar-refractivity contribution is 7.92. The van der Waals surface area contributed by atoms with Gasteiger partial charge in [-0.1, -0.05) is 42.5 Å². The Bertz CT molecular complexity index is 1710. The Labute approximate surface area is 258 Å². The summed E-state index contributed by atoms with van der Waals surface area (Å²) >= 11 is 0. The second-order valence-corrected chi connectivity index (χ2v) is 13.0. The van der Waals surface area contributed by atoms with E-state index in [1.807, 2.05) is 60.7 Å². The number of hydrogen-bond acceptors (Lipinski definition) is 6. The van der Waals surface area contributed by atoms with Crippen molar-refractivity contribution in [2.45, 2.75) is 39.2 Å². The smallest absolute Gasteiger partial charge is 0.304 e. The lowest BCUT2D eigenvalue weighted by Gasteiger charge is -2.22. The first kappa shape index (κ1) is 30.9. The number of fused-ring (bicyclic) bond motifs is 1. The summed E-state index contributed by atoms with van der Waals surface area (Å²) in [6.07, 6.45) is 1.81. The fourth-order valence-corrected chi connectivity index (χ4v) is 6.62. The maximum atomic E-state index is 12.3.